The summed E-state index contributed by atoms with van der Waals surface area (Å²) in [5, 5.41) is 3.00. The van der Waals surface area contributed by atoms with Crippen LogP contribution in [0.2, 0.25) is 0 Å². The van der Waals surface area contributed by atoms with E-state index in [1.54, 1.807) is 0 Å². The molecule has 0 bridgehead atoms. The van der Waals surface area contributed by atoms with Crippen LogP contribution in [0.4, 0.5) is 5.69 Å². The Balaban J connectivity index is 2.08. The largest absolute Gasteiger partial charge is 0.491 e. The Kier molecular flexibility index (Phi) is 5.62. The van der Waals surface area contributed by atoms with Crippen LogP contribution in [0.3, 0.4) is 0 Å². The van der Waals surface area contributed by atoms with E-state index in [0.29, 0.717) is 6.61 Å². The van der Waals surface area contributed by atoms with E-state index in [2.05, 4.69) is 12.2 Å². The van der Waals surface area contributed by atoms with Crippen molar-refractivity contribution >= 4 is 11.6 Å². The molecule has 1 aromatic rings. The summed E-state index contributed by atoms with van der Waals surface area (Å²) < 4.78 is 5.74. The second-order valence-electron chi connectivity index (χ2n) is 5.89. The Morgan fingerprint density at radius 2 is 2.14 bits per heavy atom. The van der Waals surface area contributed by atoms with Crippen molar-refractivity contribution < 1.29 is 9.53 Å². The molecule has 2 rings (SSSR count). The number of hydrogen-bond acceptors (Lipinski definition) is 3. The molecule has 4 heteroatoms. The van der Waals surface area contributed by atoms with E-state index >= 15 is 0 Å². The van der Waals surface area contributed by atoms with Gasteiger partial charge in [-0.15, -0.1) is 0 Å². The van der Waals surface area contributed by atoms with Gasteiger partial charge in [0.05, 0.1) is 18.2 Å². The Labute approximate surface area is 127 Å². The summed E-state index contributed by atoms with van der Waals surface area (Å²) in [7, 11) is 0. The van der Waals surface area contributed by atoms with E-state index in [-0.39, 0.29) is 17.9 Å². The normalized spacial score (nSPS) is 21.9. The Morgan fingerprint density at radius 1 is 1.38 bits per heavy atom. The molecular weight excluding hydrogens is 264 g/mol. The third-order valence-electron chi connectivity index (χ3n) is 4.01. The fraction of sp³-hybridized carbons (Fsp3) is 0.588. The Hall–Kier alpha value is -1.55. The van der Waals surface area contributed by atoms with Crippen molar-refractivity contribution in [1.29, 1.82) is 0 Å². The van der Waals surface area contributed by atoms with Gasteiger partial charge in [0.2, 0.25) is 5.91 Å². The van der Waals surface area contributed by atoms with Crippen LogP contribution in [0.25, 0.3) is 0 Å². The number of amides is 1. The molecule has 0 spiro atoms. The molecule has 2 atom stereocenters. The Morgan fingerprint density at radius 3 is 2.86 bits per heavy atom. The van der Waals surface area contributed by atoms with Crippen LogP contribution in [0, 0.1) is 12.8 Å². The smallest absolute Gasteiger partial charge is 0.229 e. The molecule has 0 heterocycles. The van der Waals surface area contributed by atoms with Gasteiger partial charge in [0.15, 0.2) is 0 Å². The topological polar surface area (TPSA) is 64.3 Å². The fourth-order valence-corrected chi connectivity index (χ4v) is 2.77. The number of carbonyl (C=O) groups excluding carboxylic acids is 1. The van der Waals surface area contributed by atoms with E-state index in [0.717, 1.165) is 49.1 Å². The molecule has 4 nitrogen and oxygen atoms in total. The van der Waals surface area contributed by atoms with Crippen molar-refractivity contribution in [3.8, 4) is 5.75 Å². The second kappa shape index (κ2) is 7.46. The molecule has 0 radical (unpaired) electrons. The molecule has 3 N–H and O–H groups in total. The lowest BCUT2D eigenvalue weighted by molar-refractivity contribution is -0.121. The molecule has 2 unspecified atom stereocenters. The molecule has 1 fully saturated rings. The summed E-state index contributed by atoms with van der Waals surface area (Å²) in [5.41, 5.74) is 7.95. The molecular formula is C17H26N2O2. The van der Waals surface area contributed by atoms with Crippen LogP contribution in [-0.2, 0) is 4.79 Å². The van der Waals surface area contributed by atoms with Gasteiger partial charge in [0, 0.05) is 6.04 Å². The first kappa shape index (κ1) is 15.8. The van der Waals surface area contributed by atoms with Crippen LogP contribution in [0.1, 0.15) is 44.6 Å². The molecule has 21 heavy (non-hydrogen) atoms. The van der Waals surface area contributed by atoms with Crippen LogP contribution in [0.5, 0.6) is 5.75 Å². The molecule has 1 aromatic carbocycles. The number of carbonyl (C=O) groups is 1. The molecule has 0 aromatic heterocycles. The zero-order valence-corrected chi connectivity index (χ0v) is 13.0. The number of nitrogens with two attached hydrogens (primary N) is 1. The van der Waals surface area contributed by atoms with Gasteiger partial charge < -0.3 is 15.8 Å². The first-order chi connectivity index (χ1) is 10.1. The SMILES string of the molecule is CCCOc1cc(C)ccc1NC(=O)C1CCCCC1N. The van der Waals surface area contributed by atoms with Gasteiger partial charge in [0.1, 0.15) is 5.75 Å². The van der Waals surface area contributed by atoms with Crippen molar-refractivity contribution in [2.24, 2.45) is 11.7 Å². The van der Waals surface area contributed by atoms with Gasteiger partial charge in [0.25, 0.3) is 0 Å². The van der Waals surface area contributed by atoms with Gasteiger partial charge in [-0.05, 0) is 43.9 Å². The number of rotatable bonds is 5. The number of nitrogens with one attached hydrogen (secondary N) is 1. The van der Waals surface area contributed by atoms with Crippen LogP contribution >= 0.6 is 0 Å². The number of hydrogen-bond donors (Lipinski definition) is 2. The lowest BCUT2D eigenvalue weighted by Crippen LogP contribution is -2.40. The van der Waals surface area contributed by atoms with Crippen LogP contribution in [0.15, 0.2) is 18.2 Å². The van der Waals surface area contributed by atoms with Crippen molar-refractivity contribution in [1.82, 2.24) is 0 Å². The molecule has 1 amide bonds. The van der Waals surface area contributed by atoms with E-state index in [1.807, 2.05) is 25.1 Å². The minimum Gasteiger partial charge on any atom is -0.491 e. The highest BCUT2D eigenvalue weighted by Crippen LogP contribution is 2.29. The minimum atomic E-state index is -0.0842. The zero-order valence-electron chi connectivity index (χ0n) is 13.0. The predicted molar refractivity (Wildman–Crippen MR) is 85.5 cm³/mol. The average Bonchev–Trinajstić information content (AvgIpc) is 2.47. The van der Waals surface area contributed by atoms with E-state index in [4.69, 9.17) is 10.5 Å². The van der Waals surface area contributed by atoms with Gasteiger partial charge in [-0.25, -0.2) is 0 Å². The van der Waals surface area contributed by atoms with Crippen molar-refractivity contribution in [3.63, 3.8) is 0 Å². The first-order valence-electron chi connectivity index (χ1n) is 7.91. The summed E-state index contributed by atoms with van der Waals surface area (Å²) in [6.07, 6.45) is 4.96. The quantitative estimate of drug-likeness (QED) is 0.875. The average molecular weight is 290 g/mol. The molecule has 1 aliphatic rings. The molecule has 0 aliphatic heterocycles. The summed E-state index contributed by atoms with van der Waals surface area (Å²) in [4.78, 5) is 12.4. The highest BCUT2D eigenvalue weighted by Gasteiger charge is 2.28. The summed E-state index contributed by atoms with van der Waals surface area (Å²) in [6, 6.07) is 5.83. The zero-order chi connectivity index (χ0) is 15.2. The lowest BCUT2D eigenvalue weighted by atomic mass is 9.84. The van der Waals surface area contributed by atoms with Gasteiger partial charge in [-0.3, -0.25) is 4.79 Å². The first-order valence-corrected chi connectivity index (χ1v) is 7.91. The monoisotopic (exact) mass is 290 g/mol. The van der Waals surface area contributed by atoms with Crippen molar-refractivity contribution in [2.75, 3.05) is 11.9 Å². The number of anilines is 1. The molecule has 116 valence electrons. The molecule has 1 saturated carbocycles. The number of ether oxygens (including phenoxy) is 1. The third-order valence-corrected chi connectivity index (χ3v) is 4.01. The highest BCUT2D eigenvalue weighted by atomic mass is 16.5. The van der Waals surface area contributed by atoms with E-state index in [1.165, 1.54) is 0 Å². The van der Waals surface area contributed by atoms with Crippen LogP contribution < -0.4 is 15.8 Å². The van der Waals surface area contributed by atoms with Gasteiger partial charge >= 0.3 is 0 Å². The van der Waals surface area contributed by atoms with Crippen molar-refractivity contribution in [3.05, 3.63) is 23.8 Å². The maximum atomic E-state index is 12.4. The van der Waals surface area contributed by atoms with Gasteiger partial charge in [-0.1, -0.05) is 25.8 Å². The molecule has 0 saturated heterocycles. The Bertz CT molecular complexity index is 488. The van der Waals surface area contributed by atoms with Crippen molar-refractivity contribution in [2.45, 2.75) is 52.0 Å². The number of benzene rings is 1. The maximum Gasteiger partial charge on any atom is 0.229 e. The summed E-state index contributed by atoms with van der Waals surface area (Å²) >= 11 is 0. The number of aryl methyl sites for hydroxylation is 1. The second-order valence-corrected chi connectivity index (χ2v) is 5.89. The minimum absolute atomic E-state index is 0.0207. The summed E-state index contributed by atoms with van der Waals surface area (Å²) in [5.74, 6) is 0.682. The van der Waals surface area contributed by atoms with Gasteiger partial charge in [-0.2, -0.15) is 0 Å². The lowest BCUT2D eigenvalue weighted by Gasteiger charge is -2.27. The molecule has 1 aliphatic carbocycles. The highest BCUT2D eigenvalue weighted by molar-refractivity contribution is 5.94. The maximum absolute atomic E-state index is 12.4. The standard InChI is InChI=1S/C17H26N2O2/c1-3-10-21-16-11-12(2)8-9-15(16)19-17(20)13-6-4-5-7-14(13)18/h8-9,11,13-14H,3-7,10,18H2,1-2H3,(H,19,20). The van der Waals surface area contributed by atoms with E-state index < -0.39 is 0 Å². The van der Waals surface area contributed by atoms with E-state index in [9.17, 15) is 4.79 Å². The third kappa shape index (κ3) is 4.21. The fourth-order valence-electron chi connectivity index (χ4n) is 2.77. The van der Waals surface area contributed by atoms with Crippen LogP contribution in [-0.4, -0.2) is 18.6 Å². The predicted octanol–water partition coefficient (Wildman–Crippen LogP) is 3.24. The summed E-state index contributed by atoms with van der Waals surface area (Å²) in [6.45, 7) is 4.73.